The minimum atomic E-state index is -0.547. The summed E-state index contributed by atoms with van der Waals surface area (Å²) >= 11 is 3.48. The first-order valence-corrected chi connectivity index (χ1v) is 16.3. The molecule has 11 nitrogen and oxygen atoms in total. The van der Waals surface area contributed by atoms with Crippen LogP contribution in [0.15, 0.2) is 35.1 Å². The molecule has 0 aliphatic carbocycles. The average Bonchev–Trinajstić information content (AvgIpc) is 3.56. The van der Waals surface area contributed by atoms with Gasteiger partial charge in [-0.15, -0.1) is 0 Å². The van der Waals surface area contributed by atoms with Crippen molar-refractivity contribution in [2.45, 2.75) is 105 Å². The van der Waals surface area contributed by atoms with Crippen LogP contribution < -0.4 is 5.32 Å². The van der Waals surface area contributed by atoms with Crippen molar-refractivity contribution in [2.75, 3.05) is 20.2 Å². The highest BCUT2D eigenvalue weighted by atomic mass is 79.9. The molecule has 0 unspecified atom stereocenters. The van der Waals surface area contributed by atoms with Gasteiger partial charge in [-0.05, 0) is 92.5 Å². The monoisotopic (exact) mass is 700 g/mol. The Balaban J connectivity index is 0.000000250. The number of rotatable bonds is 6. The maximum absolute atomic E-state index is 12.8. The second-order valence-electron chi connectivity index (χ2n) is 14.4. The Morgan fingerprint density at radius 2 is 1.61 bits per heavy atom. The fraction of sp³-hybridized carbons (Fsp3) is 0.559. The SMILES string of the molecule is COC(=O)c1cnn(C(C)(C)C)c1CCNC(=O)OC(C)(C)C.Cc1cc(Br)ccc1CN1CCc2c(cnn2C(C)(C)C)C1=O. The largest absolute Gasteiger partial charge is 0.465 e. The van der Waals surface area contributed by atoms with E-state index in [9.17, 15) is 14.4 Å². The van der Waals surface area contributed by atoms with Gasteiger partial charge in [-0.2, -0.15) is 10.2 Å². The quantitative estimate of drug-likeness (QED) is 0.296. The summed E-state index contributed by atoms with van der Waals surface area (Å²) < 4.78 is 14.8. The molecule has 0 fully saturated rings. The molecule has 0 saturated heterocycles. The van der Waals surface area contributed by atoms with Crippen molar-refractivity contribution in [3.05, 3.63) is 68.7 Å². The Morgan fingerprint density at radius 3 is 2.17 bits per heavy atom. The number of fused-ring (bicyclic) bond motifs is 1. The van der Waals surface area contributed by atoms with Crippen LogP contribution in [0, 0.1) is 6.92 Å². The molecule has 0 spiro atoms. The van der Waals surface area contributed by atoms with Crippen molar-refractivity contribution in [3.63, 3.8) is 0 Å². The van der Waals surface area contributed by atoms with E-state index in [1.807, 2.05) is 36.4 Å². The van der Waals surface area contributed by atoms with Gasteiger partial charge in [0.15, 0.2) is 0 Å². The predicted molar refractivity (Wildman–Crippen MR) is 181 cm³/mol. The lowest BCUT2D eigenvalue weighted by atomic mass is 10.0. The first kappa shape index (κ1) is 36.8. The van der Waals surface area contributed by atoms with E-state index in [1.165, 1.54) is 24.4 Å². The second-order valence-corrected chi connectivity index (χ2v) is 15.3. The van der Waals surface area contributed by atoms with E-state index in [1.54, 1.807) is 31.6 Å². The number of carbonyl (C=O) groups excluding carboxylic acids is 3. The normalized spacial score (nSPS) is 13.5. The summed E-state index contributed by atoms with van der Waals surface area (Å²) in [4.78, 5) is 38.3. The molecule has 0 saturated carbocycles. The zero-order chi connectivity index (χ0) is 34.6. The third-order valence-electron chi connectivity index (χ3n) is 7.25. The summed E-state index contributed by atoms with van der Waals surface area (Å²) in [5.41, 5.74) is 4.40. The Kier molecular flexibility index (Phi) is 11.5. The van der Waals surface area contributed by atoms with Gasteiger partial charge in [0.25, 0.3) is 5.91 Å². The van der Waals surface area contributed by atoms with E-state index in [0.29, 0.717) is 25.1 Å². The number of amides is 2. The lowest BCUT2D eigenvalue weighted by Gasteiger charge is -2.30. The lowest BCUT2D eigenvalue weighted by molar-refractivity contribution is 0.0527. The van der Waals surface area contributed by atoms with Crippen LogP contribution in [0.1, 0.15) is 106 Å². The molecule has 1 N–H and O–H groups in total. The van der Waals surface area contributed by atoms with Crippen molar-refractivity contribution in [1.29, 1.82) is 0 Å². The zero-order valence-electron chi connectivity index (χ0n) is 29.1. The first-order valence-electron chi connectivity index (χ1n) is 15.5. The maximum atomic E-state index is 12.8. The second kappa shape index (κ2) is 14.4. The van der Waals surface area contributed by atoms with Gasteiger partial charge in [-0.1, -0.05) is 22.0 Å². The van der Waals surface area contributed by atoms with Crippen LogP contribution in [0.3, 0.4) is 0 Å². The van der Waals surface area contributed by atoms with Gasteiger partial charge < -0.3 is 19.7 Å². The summed E-state index contributed by atoms with van der Waals surface area (Å²) in [7, 11) is 1.33. The van der Waals surface area contributed by atoms with Crippen molar-refractivity contribution in [1.82, 2.24) is 29.8 Å². The molecule has 3 heterocycles. The van der Waals surface area contributed by atoms with Crippen LogP contribution in [0.25, 0.3) is 0 Å². The van der Waals surface area contributed by atoms with Crippen molar-refractivity contribution >= 4 is 33.9 Å². The maximum Gasteiger partial charge on any atom is 0.407 e. The lowest BCUT2D eigenvalue weighted by Crippen LogP contribution is -2.38. The van der Waals surface area contributed by atoms with Crippen molar-refractivity contribution < 1.29 is 23.9 Å². The number of nitrogens with zero attached hydrogens (tertiary/aromatic N) is 5. The van der Waals surface area contributed by atoms with E-state index < -0.39 is 17.7 Å². The van der Waals surface area contributed by atoms with Gasteiger partial charge in [0.05, 0.1) is 47.5 Å². The van der Waals surface area contributed by atoms with Gasteiger partial charge in [0.1, 0.15) is 11.2 Å². The van der Waals surface area contributed by atoms with Crippen molar-refractivity contribution in [3.8, 4) is 0 Å². The van der Waals surface area contributed by atoms with Crippen LogP contribution in [0.2, 0.25) is 0 Å². The van der Waals surface area contributed by atoms with Gasteiger partial charge in [0, 0.05) is 36.9 Å². The van der Waals surface area contributed by atoms with E-state index in [0.717, 1.165) is 34.4 Å². The minimum Gasteiger partial charge on any atom is -0.465 e. The molecule has 4 rings (SSSR count). The molecule has 1 aliphatic rings. The fourth-order valence-electron chi connectivity index (χ4n) is 5.15. The number of nitrogens with one attached hydrogen (secondary N) is 1. The average molecular weight is 702 g/mol. The Bertz CT molecular complexity index is 1560. The Labute approximate surface area is 281 Å². The number of carbonyl (C=O) groups is 3. The van der Waals surface area contributed by atoms with Gasteiger partial charge in [-0.25, -0.2) is 9.59 Å². The molecule has 0 atom stereocenters. The number of alkyl carbamates (subject to hydrolysis) is 1. The standard InChI is InChI=1S/C18H22BrN3O.C16H27N3O4/c1-12-9-14(19)6-5-13(12)11-21-8-7-16-15(17(21)23)10-20-22(16)18(2,3)4;1-15(2,3)19-12(11(10-18-19)13(20)22-7)8-9-17-14(21)23-16(4,5)6/h5-6,9-10H,7-8,11H2,1-4H3;10H,8-9H2,1-7H3,(H,17,21). The number of esters is 1. The van der Waals surface area contributed by atoms with E-state index in [4.69, 9.17) is 9.47 Å². The molecule has 3 aromatic rings. The number of aryl methyl sites for hydroxylation is 1. The number of aromatic nitrogens is 4. The number of halogens is 1. The molecule has 1 aliphatic heterocycles. The topological polar surface area (TPSA) is 121 Å². The van der Waals surface area contributed by atoms with Gasteiger partial charge in [0.2, 0.25) is 0 Å². The highest BCUT2D eigenvalue weighted by Crippen LogP contribution is 2.26. The van der Waals surface area contributed by atoms with Crippen molar-refractivity contribution in [2.24, 2.45) is 0 Å². The Hall–Kier alpha value is -3.67. The first-order chi connectivity index (χ1) is 21.2. The van der Waals surface area contributed by atoms with E-state index in [-0.39, 0.29) is 17.0 Å². The summed E-state index contributed by atoms with van der Waals surface area (Å²) in [6.07, 6.45) is 4.04. The molecule has 2 aromatic heterocycles. The summed E-state index contributed by atoms with van der Waals surface area (Å²) in [6, 6.07) is 6.20. The Morgan fingerprint density at radius 1 is 0.978 bits per heavy atom. The molecular formula is C34H49BrN6O5. The number of methoxy groups -OCH3 is 1. The van der Waals surface area contributed by atoms with Crippen LogP contribution in [-0.4, -0.2) is 68.2 Å². The number of hydrogen-bond donors (Lipinski definition) is 1. The number of hydrogen-bond acceptors (Lipinski definition) is 7. The van der Waals surface area contributed by atoms with Crippen LogP contribution in [0.5, 0.6) is 0 Å². The third kappa shape index (κ3) is 9.43. The third-order valence-corrected chi connectivity index (χ3v) is 7.74. The molecule has 2 amide bonds. The summed E-state index contributed by atoms with van der Waals surface area (Å²) in [6.45, 7) is 21.5. The van der Waals surface area contributed by atoms with Gasteiger partial charge in [-0.3, -0.25) is 14.2 Å². The smallest absolute Gasteiger partial charge is 0.407 e. The summed E-state index contributed by atoms with van der Waals surface area (Å²) in [5, 5.41) is 11.4. The zero-order valence-corrected chi connectivity index (χ0v) is 30.7. The highest BCUT2D eigenvalue weighted by Gasteiger charge is 2.31. The molecule has 12 heteroatoms. The molecule has 0 radical (unpaired) electrons. The number of ether oxygens (including phenoxy) is 2. The molecular weight excluding hydrogens is 652 g/mol. The van der Waals surface area contributed by atoms with Crippen LogP contribution in [-0.2, 0) is 39.9 Å². The highest BCUT2D eigenvalue weighted by molar-refractivity contribution is 9.10. The molecule has 252 valence electrons. The molecule has 1 aromatic carbocycles. The van der Waals surface area contributed by atoms with Crippen LogP contribution >= 0.6 is 15.9 Å². The minimum absolute atomic E-state index is 0.0871. The molecule has 46 heavy (non-hydrogen) atoms. The summed E-state index contributed by atoms with van der Waals surface area (Å²) in [5.74, 6) is -0.350. The molecule has 0 bridgehead atoms. The van der Waals surface area contributed by atoms with Gasteiger partial charge >= 0.3 is 12.1 Å². The number of benzene rings is 1. The predicted octanol–water partition coefficient (Wildman–Crippen LogP) is 6.40. The fourth-order valence-corrected chi connectivity index (χ4v) is 5.62. The van der Waals surface area contributed by atoms with E-state index >= 15 is 0 Å². The van der Waals surface area contributed by atoms with E-state index in [2.05, 4.69) is 71.3 Å². The van der Waals surface area contributed by atoms with Crippen LogP contribution in [0.4, 0.5) is 4.79 Å².